The van der Waals surface area contributed by atoms with Gasteiger partial charge in [0.25, 0.3) is 0 Å². The van der Waals surface area contributed by atoms with Crippen molar-refractivity contribution in [3.63, 3.8) is 0 Å². The summed E-state index contributed by atoms with van der Waals surface area (Å²) in [6, 6.07) is 3.72. The Morgan fingerprint density at radius 2 is 2.19 bits per heavy atom. The Balaban J connectivity index is 1.66. The van der Waals surface area contributed by atoms with Crippen LogP contribution in [-0.2, 0) is 0 Å². The number of aromatic nitrogens is 1. The van der Waals surface area contributed by atoms with Crippen LogP contribution in [-0.4, -0.2) is 36.1 Å². The first-order valence-corrected chi connectivity index (χ1v) is 6.03. The lowest BCUT2D eigenvalue weighted by Gasteiger charge is -2.14. The molecule has 0 amide bonds. The summed E-state index contributed by atoms with van der Waals surface area (Å²) in [5.41, 5.74) is 6.52. The minimum atomic E-state index is 0.726. The summed E-state index contributed by atoms with van der Waals surface area (Å²) in [6.45, 7) is 4.66. The molecule has 1 aliphatic rings. The molecule has 0 atom stereocenters. The van der Waals surface area contributed by atoms with Crippen LogP contribution in [0.5, 0.6) is 0 Å². The number of likely N-dealkylation sites (tertiary alicyclic amines) is 1. The highest BCUT2D eigenvalue weighted by molar-refractivity contribution is 5.60. The van der Waals surface area contributed by atoms with Gasteiger partial charge in [-0.3, -0.25) is 0 Å². The van der Waals surface area contributed by atoms with Crippen LogP contribution in [0.4, 0.5) is 11.5 Å². The number of nitrogen functional groups attached to an aromatic ring is 1. The Morgan fingerprint density at radius 1 is 1.38 bits per heavy atom. The Kier molecular flexibility index (Phi) is 3.99. The summed E-state index contributed by atoms with van der Waals surface area (Å²) in [7, 11) is 0. The molecule has 1 fully saturated rings. The molecule has 0 unspecified atom stereocenters. The quantitative estimate of drug-likeness (QED) is 0.739. The van der Waals surface area contributed by atoms with Crippen LogP contribution in [0.1, 0.15) is 19.3 Å². The highest BCUT2D eigenvalue weighted by Gasteiger charge is 2.10. The number of nitrogens with two attached hydrogens (primary N) is 1. The molecule has 4 nitrogen and oxygen atoms in total. The number of rotatable bonds is 5. The van der Waals surface area contributed by atoms with Crippen molar-refractivity contribution in [3.8, 4) is 0 Å². The Morgan fingerprint density at radius 3 is 2.94 bits per heavy atom. The minimum Gasteiger partial charge on any atom is -0.396 e. The average molecular weight is 220 g/mol. The van der Waals surface area contributed by atoms with Gasteiger partial charge in [-0.25, -0.2) is 4.98 Å². The summed E-state index contributed by atoms with van der Waals surface area (Å²) >= 11 is 0. The van der Waals surface area contributed by atoms with Gasteiger partial charge in [0.1, 0.15) is 5.82 Å². The van der Waals surface area contributed by atoms with E-state index in [1.54, 1.807) is 6.20 Å². The van der Waals surface area contributed by atoms with Gasteiger partial charge in [0.15, 0.2) is 0 Å². The van der Waals surface area contributed by atoms with Crippen molar-refractivity contribution >= 4 is 11.5 Å². The van der Waals surface area contributed by atoms with Crippen LogP contribution >= 0.6 is 0 Å². The number of hydrogen-bond donors (Lipinski definition) is 2. The first kappa shape index (κ1) is 11.2. The fraction of sp³-hybridized carbons (Fsp3) is 0.583. The molecular formula is C12H20N4. The van der Waals surface area contributed by atoms with E-state index in [1.807, 2.05) is 12.1 Å². The second-order valence-electron chi connectivity index (χ2n) is 4.27. The number of nitrogens with zero attached hydrogens (tertiary/aromatic N) is 2. The van der Waals surface area contributed by atoms with Gasteiger partial charge in [-0.1, -0.05) is 0 Å². The van der Waals surface area contributed by atoms with Crippen molar-refractivity contribution < 1.29 is 0 Å². The van der Waals surface area contributed by atoms with Crippen LogP contribution in [0.2, 0.25) is 0 Å². The SMILES string of the molecule is Nc1cccnc1NCCCN1CCCC1. The maximum absolute atomic E-state index is 5.79. The second-order valence-corrected chi connectivity index (χ2v) is 4.27. The number of anilines is 2. The predicted molar refractivity (Wildman–Crippen MR) is 67.4 cm³/mol. The van der Waals surface area contributed by atoms with Crippen molar-refractivity contribution in [2.24, 2.45) is 0 Å². The van der Waals surface area contributed by atoms with Crippen molar-refractivity contribution in [3.05, 3.63) is 18.3 Å². The van der Waals surface area contributed by atoms with Gasteiger partial charge >= 0.3 is 0 Å². The van der Waals surface area contributed by atoms with Gasteiger partial charge in [-0.2, -0.15) is 0 Å². The van der Waals surface area contributed by atoms with Crippen LogP contribution in [0, 0.1) is 0 Å². The van der Waals surface area contributed by atoms with Crippen LogP contribution in [0.25, 0.3) is 0 Å². The topological polar surface area (TPSA) is 54.2 Å². The molecule has 3 N–H and O–H groups in total. The molecule has 88 valence electrons. The van der Waals surface area contributed by atoms with Crippen molar-refractivity contribution in [1.29, 1.82) is 0 Å². The van der Waals surface area contributed by atoms with E-state index in [9.17, 15) is 0 Å². The van der Waals surface area contributed by atoms with E-state index in [4.69, 9.17) is 5.73 Å². The van der Waals surface area contributed by atoms with E-state index in [-0.39, 0.29) is 0 Å². The van der Waals surface area contributed by atoms with Crippen molar-refractivity contribution in [2.45, 2.75) is 19.3 Å². The van der Waals surface area contributed by atoms with Gasteiger partial charge in [0.2, 0.25) is 0 Å². The molecule has 0 aromatic carbocycles. The minimum absolute atomic E-state index is 0.726. The lowest BCUT2D eigenvalue weighted by atomic mass is 10.3. The van der Waals surface area contributed by atoms with Gasteiger partial charge in [0.05, 0.1) is 5.69 Å². The zero-order valence-corrected chi connectivity index (χ0v) is 9.65. The maximum Gasteiger partial charge on any atom is 0.149 e. The predicted octanol–water partition coefficient (Wildman–Crippen LogP) is 1.56. The molecule has 0 bridgehead atoms. The normalized spacial score (nSPS) is 16.5. The van der Waals surface area contributed by atoms with Gasteiger partial charge in [-0.05, 0) is 51.0 Å². The smallest absolute Gasteiger partial charge is 0.149 e. The van der Waals surface area contributed by atoms with Crippen LogP contribution in [0.3, 0.4) is 0 Å². The fourth-order valence-corrected chi connectivity index (χ4v) is 2.08. The maximum atomic E-state index is 5.79. The summed E-state index contributed by atoms with van der Waals surface area (Å²) in [6.07, 6.45) is 5.64. The third-order valence-electron chi connectivity index (χ3n) is 2.98. The van der Waals surface area contributed by atoms with E-state index < -0.39 is 0 Å². The largest absolute Gasteiger partial charge is 0.396 e. The van der Waals surface area contributed by atoms with Crippen LogP contribution in [0.15, 0.2) is 18.3 Å². The molecule has 1 aromatic heterocycles. The number of nitrogens with one attached hydrogen (secondary N) is 1. The van der Waals surface area contributed by atoms with Gasteiger partial charge < -0.3 is 16.0 Å². The van der Waals surface area contributed by atoms with E-state index in [1.165, 1.54) is 32.5 Å². The zero-order chi connectivity index (χ0) is 11.2. The molecule has 1 aliphatic heterocycles. The summed E-state index contributed by atoms with van der Waals surface area (Å²) in [5.74, 6) is 0.809. The third-order valence-corrected chi connectivity index (χ3v) is 2.98. The molecular weight excluding hydrogens is 200 g/mol. The summed E-state index contributed by atoms with van der Waals surface area (Å²) < 4.78 is 0. The third kappa shape index (κ3) is 3.10. The van der Waals surface area contributed by atoms with Crippen LogP contribution < -0.4 is 11.1 Å². The van der Waals surface area contributed by atoms with Gasteiger partial charge in [0, 0.05) is 12.7 Å². The fourth-order valence-electron chi connectivity index (χ4n) is 2.08. The molecule has 1 aromatic rings. The first-order valence-electron chi connectivity index (χ1n) is 6.03. The Bertz CT molecular complexity index is 321. The van der Waals surface area contributed by atoms with E-state index in [0.717, 1.165) is 24.5 Å². The lowest BCUT2D eigenvalue weighted by Crippen LogP contribution is -2.22. The number of pyridine rings is 1. The highest BCUT2D eigenvalue weighted by Crippen LogP contribution is 2.13. The zero-order valence-electron chi connectivity index (χ0n) is 9.65. The molecule has 4 heteroatoms. The van der Waals surface area contributed by atoms with E-state index >= 15 is 0 Å². The molecule has 16 heavy (non-hydrogen) atoms. The molecule has 0 aliphatic carbocycles. The Labute approximate surface area is 96.8 Å². The molecule has 2 heterocycles. The molecule has 0 radical (unpaired) electrons. The van der Waals surface area contributed by atoms with E-state index in [0.29, 0.717) is 0 Å². The highest BCUT2D eigenvalue weighted by atomic mass is 15.1. The standard InChI is InChI=1S/C12H20N4/c13-11-5-3-6-14-12(11)15-7-4-10-16-8-1-2-9-16/h3,5-6H,1-2,4,7-10,13H2,(H,14,15). The molecule has 0 spiro atoms. The van der Waals surface area contributed by atoms with Crippen molar-refractivity contribution in [2.75, 3.05) is 37.2 Å². The van der Waals surface area contributed by atoms with Crippen molar-refractivity contribution in [1.82, 2.24) is 9.88 Å². The molecule has 2 rings (SSSR count). The second kappa shape index (κ2) is 5.70. The molecule has 0 saturated carbocycles. The monoisotopic (exact) mass is 220 g/mol. The lowest BCUT2D eigenvalue weighted by molar-refractivity contribution is 0.337. The summed E-state index contributed by atoms with van der Waals surface area (Å²) in [5, 5.41) is 3.27. The average Bonchev–Trinajstić information content (AvgIpc) is 2.79. The first-order chi connectivity index (χ1) is 7.86. The molecule has 1 saturated heterocycles. The van der Waals surface area contributed by atoms with Gasteiger partial charge in [-0.15, -0.1) is 0 Å². The number of hydrogen-bond acceptors (Lipinski definition) is 4. The van der Waals surface area contributed by atoms with E-state index in [2.05, 4.69) is 15.2 Å². The Hall–Kier alpha value is -1.29. The summed E-state index contributed by atoms with van der Waals surface area (Å²) in [4.78, 5) is 6.72.